The minimum Gasteiger partial charge on any atom is -0.507 e. The van der Waals surface area contributed by atoms with Crippen LogP contribution in [0.4, 0.5) is 5.69 Å². The van der Waals surface area contributed by atoms with Gasteiger partial charge < -0.3 is 36.3 Å². The van der Waals surface area contributed by atoms with Gasteiger partial charge in [-0.15, -0.1) is 0 Å². The van der Waals surface area contributed by atoms with E-state index in [-0.39, 0.29) is 23.4 Å². The molecular formula is C22H31N9O9. The van der Waals surface area contributed by atoms with Crippen LogP contribution in [-0.4, -0.2) is 70.7 Å². The second-order valence-electron chi connectivity index (χ2n) is 6.72. The number of aliphatic carboxylic acids is 2. The Morgan fingerprint density at radius 3 is 1.90 bits per heavy atom. The Morgan fingerprint density at radius 1 is 0.975 bits per heavy atom. The molecule has 0 atom stereocenters. The van der Waals surface area contributed by atoms with Crippen LogP contribution in [0, 0.1) is 20.9 Å². The number of aromatic hydroxyl groups is 1. The molecule has 2 rings (SSSR count). The minimum atomic E-state index is -0.833. The van der Waals surface area contributed by atoms with Gasteiger partial charge in [0.2, 0.25) is 11.9 Å². The number of benzene rings is 2. The molecule has 0 fully saturated rings. The van der Waals surface area contributed by atoms with Gasteiger partial charge in [0.15, 0.2) is 0 Å². The summed E-state index contributed by atoms with van der Waals surface area (Å²) in [5, 5.41) is 56.0. The van der Waals surface area contributed by atoms with Crippen molar-refractivity contribution in [3.8, 4) is 17.2 Å². The van der Waals surface area contributed by atoms with Crippen molar-refractivity contribution < 1.29 is 39.3 Å². The van der Waals surface area contributed by atoms with E-state index in [9.17, 15) is 15.2 Å². The fourth-order valence-electron chi connectivity index (χ4n) is 2.07. The highest BCUT2D eigenvalue weighted by Gasteiger charge is 2.09. The number of nitro benzene ring substituents is 1. The molecule has 0 amide bonds. The summed E-state index contributed by atoms with van der Waals surface area (Å²) in [5.41, 5.74) is 15.4. The Morgan fingerprint density at radius 2 is 1.48 bits per heavy atom. The van der Waals surface area contributed by atoms with Crippen LogP contribution < -0.4 is 31.8 Å². The van der Waals surface area contributed by atoms with Crippen molar-refractivity contribution >= 4 is 42.0 Å². The fraction of sp³-hybridized carbons (Fsp3) is 0.182. The number of rotatable bonds is 7. The van der Waals surface area contributed by atoms with Gasteiger partial charge >= 0.3 is 0 Å². The topological polar surface area (TPSA) is 305 Å². The summed E-state index contributed by atoms with van der Waals surface area (Å²) in [5.74, 6) is -1.44. The summed E-state index contributed by atoms with van der Waals surface area (Å²) in [6.45, 7) is 2.17. The molecule has 2 aromatic carbocycles. The molecule has 0 aliphatic rings. The number of hydrogen-bond donors (Lipinski definition) is 9. The number of phenols is 1. The molecule has 0 saturated heterocycles. The summed E-state index contributed by atoms with van der Waals surface area (Å²) in [6, 6.07) is 8.99. The summed E-state index contributed by atoms with van der Waals surface area (Å²) >= 11 is 0. The Kier molecular flexibility index (Phi) is 18.2. The molecule has 0 unspecified atom stereocenters. The minimum absolute atomic E-state index is 0.0122. The van der Waals surface area contributed by atoms with E-state index in [2.05, 4.69) is 21.1 Å². The number of non-ortho nitro benzene ring substituents is 1. The SMILES string of the molecule is CC(=O)O.CC(=O)O.COc1cc(O)c(/C=N/NC(=N)N)c(OC)c1.N=C(N)N/N=C/c1cccc([N+](=O)[O-])c1. The van der Waals surface area contributed by atoms with E-state index in [4.69, 9.17) is 51.6 Å². The number of nitrogens with zero attached hydrogens (tertiary/aromatic N) is 3. The first kappa shape index (κ1) is 36.2. The van der Waals surface area contributed by atoms with Gasteiger partial charge in [0.05, 0.1) is 37.1 Å². The third-order valence-electron chi connectivity index (χ3n) is 3.41. The number of ether oxygens (including phenoxy) is 2. The number of nitro groups is 1. The summed E-state index contributed by atoms with van der Waals surface area (Å²) in [4.78, 5) is 27.9. The van der Waals surface area contributed by atoms with Crippen LogP contribution in [0.5, 0.6) is 17.2 Å². The maximum absolute atomic E-state index is 10.4. The van der Waals surface area contributed by atoms with E-state index < -0.39 is 16.9 Å². The van der Waals surface area contributed by atoms with Crippen LogP contribution in [0.3, 0.4) is 0 Å². The standard InChI is InChI=1S/C10H14N4O3.C8H9N5O2.2C2H4O2/c1-16-6-3-8(15)7(9(4-6)17-2)5-13-14-10(11)12;9-8(10)12-11-5-6-2-1-3-7(4-6)13(14)15;2*1-2(3)4/h3-5,15H,1-2H3,(H4,11,12,14);1-5H,(H4,9,10,12);2*1H3,(H,3,4)/b13-5+;11-5+;;. The average molecular weight is 566 g/mol. The lowest BCUT2D eigenvalue weighted by Crippen LogP contribution is -2.25. The van der Waals surface area contributed by atoms with E-state index in [1.165, 1.54) is 44.8 Å². The highest BCUT2D eigenvalue weighted by molar-refractivity contribution is 5.88. The van der Waals surface area contributed by atoms with Crippen LogP contribution in [0.15, 0.2) is 46.6 Å². The highest BCUT2D eigenvalue weighted by Crippen LogP contribution is 2.31. The van der Waals surface area contributed by atoms with E-state index in [1.54, 1.807) is 18.2 Å². The smallest absolute Gasteiger partial charge is 0.300 e. The van der Waals surface area contributed by atoms with Crippen molar-refractivity contribution in [2.24, 2.45) is 21.7 Å². The number of nitrogens with two attached hydrogens (primary N) is 2. The van der Waals surface area contributed by atoms with Crippen molar-refractivity contribution in [2.45, 2.75) is 13.8 Å². The number of carboxylic acid groups (broad SMARTS) is 2. The van der Waals surface area contributed by atoms with Crippen molar-refractivity contribution in [1.29, 1.82) is 10.8 Å². The zero-order valence-corrected chi connectivity index (χ0v) is 21.9. The van der Waals surface area contributed by atoms with Gasteiger partial charge in [-0.05, 0) is 0 Å². The predicted octanol–water partition coefficient (Wildman–Crippen LogP) is 0.820. The second-order valence-corrected chi connectivity index (χ2v) is 6.72. The van der Waals surface area contributed by atoms with Crippen LogP contribution >= 0.6 is 0 Å². The number of carbonyl (C=O) groups is 2. The van der Waals surface area contributed by atoms with Crippen molar-refractivity contribution in [3.63, 3.8) is 0 Å². The number of phenolic OH excluding ortho intramolecular Hbond substituents is 1. The quantitative estimate of drug-likeness (QED) is 0.0972. The summed E-state index contributed by atoms with van der Waals surface area (Å²) in [7, 11) is 2.95. The third kappa shape index (κ3) is 19.3. The molecule has 0 radical (unpaired) electrons. The van der Waals surface area contributed by atoms with E-state index in [1.807, 2.05) is 0 Å². The molecule has 2 aromatic rings. The van der Waals surface area contributed by atoms with Crippen LogP contribution in [0.25, 0.3) is 0 Å². The third-order valence-corrected chi connectivity index (χ3v) is 3.41. The van der Waals surface area contributed by atoms with Crippen molar-refractivity contribution in [2.75, 3.05) is 14.2 Å². The first-order chi connectivity index (χ1) is 18.6. The zero-order chi connectivity index (χ0) is 31.3. The lowest BCUT2D eigenvalue weighted by atomic mass is 10.2. The molecular weight excluding hydrogens is 534 g/mol. The molecule has 0 saturated carbocycles. The van der Waals surface area contributed by atoms with Gasteiger partial charge in [0.1, 0.15) is 17.2 Å². The number of hydrazone groups is 2. The van der Waals surface area contributed by atoms with Gasteiger partial charge in [-0.1, -0.05) is 12.1 Å². The molecule has 18 heteroatoms. The molecule has 0 bridgehead atoms. The Bertz CT molecular complexity index is 1200. The lowest BCUT2D eigenvalue weighted by Gasteiger charge is -2.09. The van der Waals surface area contributed by atoms with Crippen LogP contribution in [0.1, 0.15) is 25.0 Å². The molecule has 0 spiro atoms. The largest absolute Gasteiger partial charge is 0.507 e. The van der Waals surface area contributed by atoms with E-state index in [0.717, 1.165) is 13.8 Å². The normalized spacial score (nSPS) is 9.40. The van der Waals surface area contributed by atoms with Gasteiger partial charge in [-0.25, -0.2) is 10.9 Å². The van der Waals surface area contributed by atoms with E-state index in [0.29, 0.717) is 22.6 Å². The maximum atomic E-state index is 10.4. The molecule has 218 valence electrons. The number of carboxylic acids is 2. The second kappa shape index (κ2) is 20.2. The number of hydrogen-bond acceptors (Lipinski definition) is 11. The molecule has 0 aliphatic carbocycles. The highest BCUT2D eigenvalue weighted by atomic mass is 16.6. The number of guanidine groups is 2. The Hall–Kier alpha value is -5.94. The Labute approximate surface area is 228 Å². The summed E-state index contributed by atoms with van der Waals surface area (Å²) < 4.78 is 10.1. The molecule has 40 heavy (non-hydrogen) atoms. The first-order valence-corrected chi connectivity index (χ1v) is 10.5. The summed E-state index contributed by atoms with van der Waals surface area (Å²) in [6.07, 6.45) is 2.64. The van der Waals surface area contributed by atoms with Crippen LogP contribution in [-0.2, 0) is 9.59 Å². The predicted molar refractivity (Wildman–Crippen MR) is 146 cm³/mol. The monoisotopic (exact) mass is 565 g/mol. The number of methoxy groups -OCH3 is 2. The van der Waals surface area contributed by atoms with Gasteiger partial charge in [0, 0.05) is 43.7 Å². The fourth-order valence-corrected chi connectivity index (χ4v) is 2.07. The van der Waals surface area contributed by atoms with Crippen molar-refractivity contribution in [1.82, 2.24) is 10.9 Å². The van der Waals surface area contributed by atoms with Crippen LogP contribution in [0.2, 0.25) is 0 Å². The molecule has 0 aliphatic heterocycles. The Balaban J connectivity index is 0. The molecule has 0 aromatic heterocycles. The van der Waals surface area contributed by atoms with Gasteiger partial charge in [-0.3, -0.25) is 30.5 Å². The van der Waals surface area contributed by atoms with Crippen molar-refractivity contribution in [3.05, 3.63) is 57.6 Å². The molecule has 11 N–H and O–H groups in total. The zero-order valence-electron chi connectivity index (χ0n) is 21.9. The maximum Gasteiger partial charge on any atom is 0.300 e. The van der Waals surface area contributed by atoms with E-state index >= 15 is 0 Å². The first-order valence-electron chi connectivity index (χ1n) is 10.5. The average Bonchev–Trinajstić information content (AvgIpc) is 2.84. The number of nitrogens with one attached hydrogen (secondary N) is 4. The lowest BCUT2D eigenvalue weighted by molar-refractivity contribution is -0.384. The van der Waals surface area contributed by atoms with Gasteiger partial charge in [0.25, 0.3) is 17.6 Å². The molecule has 18 nitrogen and oxygen atoms in total. The molecule has 0 heterocycles. The van der Waals surface area contributed by atoms with Gasteiger partial charge in [-0.2, -0.15) is 10.2 Å².